The van der Waals surface area contributed by atoms with Crippen molar-refractivity contribution >= 4 is 17.5 Å². The summed E-state index contributed by atoms with van der Waals surface area (Å²) in [6, 6.07) is 9.75. The van der Waals surface area contributed by atoms with E-state index in [-0.39, 0.29) is 5.91 Å². The number of rotatable bonds is 6. The van der Waals surface area contributed by atoms with Crippen LogP contribution in [0.2, 0.25) is 0 Å². The van der Waals surface area contributed by atoms with Crippen LogP contribution in [0.25, 0.3) is 0 Å². The number of halogens is 1. The number of benzene rings is 1. The minimum Gasteiger partial charge on any atom is -0.347 e. The van der Waals surface area contributed by atoms with Crippen molar-refractivity contribution in [2.24, 2.45) is 0 Å². The second-order valence-corrected chi connectivity index (χ2v) is 5.09. The van der Waals surface area contributed by atoms with E-state index >= 15 is 0 Å². The fourth-order valence-electron chi connectivity index (χ4n) is 2.16. The Kier molecular flexibility index (Phi) is 5.39. The van der Waals surface area contributed by atoms with Gasteiger partial charge < -0.3 is 5.32 Å². The molecule has 4 nitrogen and oxygen atoms in total. The van der Waals surface area contributed by atoms with Gasteiger partial charge in [-0.1, -0.05) is 31.2 Å². The average molecular weight is 306 g/mol. The van der Waals surface area contributed by atoms with E-state index in [0.29, 0.717) is 24.7 Å². The van der Waals surface area contributed by atoms with Crippen molar-refractivity contribution < 1.29 is 4.79 Å². The van der Waals surface area contributed by atoms with Crippen LogP contribution < -0.4 is 5.32 Å². The first kappa shape index (κ1) is 15.6. The van der Waals surface area contributed by atoms with Gasteiger partial charge in [0.2, 0.25) is 0 Å². The van der Waals surface area contributed by atoms with Crippen LogP contribution in [-0.4, -0.2) is 15.7 Å². The lowest BCUT2D eigenvalue weighted by Gasteiger charge is -2.07. The molecule has 0 aliphatic rings. The molecule has 1 aromatic carbocycles. The number of alkyl halides is 1. The van der Waals surface area contributed by atoms with Crippen molar-refractivity contribution in [3.05, 3.63) is 52.8 Å². The van der Waals surface area contributed by atoms with Gasteiger partial charge in [-0.3, -0.25) is 9.48 Å². The highest BCUT2D eigenvalue weighted by molar-refractivity contribution is 6.17. The number of hydrogen-bond donors (Lipinski definition) is 1. The van der Waals surface area contributed by atoms with Gasteiger partial charge in [0.05, 0.1) is 5.69 Å². The third-order valence-corrected chi connectivity index (χ3v) is 3.63. The molecule has 2 aromatic rings. The summed E-state index contributed by atoms with van der Waals surface area (Å²) >= 11 is 5.82. The standard InChI is InChI=1S/C16H20ClN3O/c1-3-14-9-15(20(4-2)19-14)16(21)18-11-13-7-5-6-12(8-13)10-17/h5-9H,3-4,10-11H2,1-2H3,(H,18,21). The van der Waals surface area contributed by atoms with E-state index in [2.05, 4.69) is 10.4 Å². The van der Waals surface area contributed by atoms with Gasteiger partial charge in [0.25, 0.3) is 5.91 Å². The van der Waals surface area contributed by atoms with Gasteiger partial charge in [0, 0.05) is 19.0 Å². The van der Waals surface area contributed by atoms with Crippen molar-refractivity contribution in [3.63, 3.8) is 0 Å². The maximum absolute atomic E-state index is 12.3. The van der Waals surface area contributed by atoms with Gasteiger partial charge >= 0.3 is 0 Å². The van der Waals surface area contributed by atoms with Gasteiger partial charge in [0.15, 0.2) is 0 Å². The Bertz CT molecular complexity index is 622. The Morgan fingerprint density at radius 2 is 2.05 bits per heavy atom. The maximum Gasteiger partial charge on any atom is 0.269 e. The fourth-order valence-corrected chi connectivity index (χ4v) is 2.33. The molecule has 0 bridgehead atoms. The Morgan fingerprint density at radius 1 is 1.29 bits per heavy atom. The van der Waals surface area contributed by atoms with Gasteiger partial charge in [-0.05, 0) is 30.5 Å². The first-order valence-electron chi connectivity index (χ1n) is 7.16. The molecule has 0 saturated heterocycles. The topological polar surface area (TPSA) is 46.9 Å². The molecule has 1 heterocycles. The van der Waals surface area contributed by atoms with Crippen LogP contribution in [0.1, 0.15) is 41.2 Å². The monoisotopic (exact) mass is 305 g/mol. The van der Waals surface area contributed by atoms with Crippen molar-refractivity contribution in [1.82, 2.24) is 15.1 Å². The van der Waals surface area contributed by atoms with E-state index in [1.807, 2.05) is 44.2 Å². The molecule has 0 saturated carbocycles. The van der Waals surface area contributed by atoms with Crippen molar-refractivity contribution in [2.75, 3.05) is 0 Å². The number of nitrogens with one attached hydrogen (secondary N) is 1. The molecule has 0 radical (unpaired) electrons. The lowest BCUT2D eigenvalue weighted by Crippen LogP contribution is -2.25. The predicted octanol–water partition coefficient (Wildman–Crippen LogP) is 3.13. The molecular weight excluding hydrogens is 286 g/mol. The maximum atomic E-state index is 12.3. The third kappa shape index (κ3) is 3.85. The lowest BCUT2D eigenvalue weighted by molar-refractivity contribution is 0.0940. The molecule has 0 aliphatic heterocycles. The van der Waals surface area contributed by atoms with E-state index in [9.17, 15) is 4.79 Å². The molecule has 1 N–H and O–H groups in total. The first-order chi connectivity index (χ1) is 10.2. The summed E-state index contributed by atoms with van der Waals surface area (Å²) in [5, 5.41) is 7.32. The van der Waals surface area contributed by atoms with Gasteiger partial charge in [0.1, 0.15) is 5.69 Å². The normalized spacial score (nSPS) is 10.6. The Balaban J connectivity index is 2.05. The Hall–Kier alpha value is -1.81. The number of hydrogen-bond acceptors (Lipinski definition) is 2. The summed E-state index contributed by atoms with van der Waals surface area (Å²) in [6.07, 6.45) is 0.824. The third-order valence-electron chi connectivity index (χ3n) is 3.32. The lowest BCUT2D eigenvalue weighted by atomic mass is 10.1. The Morgan fingerprint density at radius 3 is 2.71 bits per heavy atom. The summed E-state index contributed by atoms with van der Waals surface area (Å²) in [4.78, 5) is 12.3. The minimum absolute atomic E-state index is 0.0969. The van der Waals surface area contributed by atoms with E-state index < -0.39 is 0 Å². The predicted molar refractivity (Wildman–Crippen MR) is 84.4 cm³/mol. The molecule has 0 fully saturated rings. The number of carbonyl (C=O) groups excluding carboxylic acids is 1. The van der Waals surface area contributed by atoms with Gasteiger partial charge in [-0.2, -0.15) is 5.10 Å². The van der Waals surface area contributed by atoms with Crippen molar-refractivity contribution in [3.8, 4) is 0 Å². The zero-order valence-corrected chi connectivity index (χ0v) is 13.2. The second kappa shape index (κ2) is 7.27. The molecule has 5 heteroatoms. The SMILES string of the molecule is CCc1cc(C(=O)NCc2cccc(CCl)c2)n(CC)n1. The molecule has 21 heavy (non-hydrogen) atoms. The minimum atomic E-state index is -0.0969. The van der Waals surface area contributed by atoms with Gasteiger partial charge in [-0.15, -0.1) is 11.6 Å². The summed E-state index contributed by atoms with van der Waals surface area (Å²) in [5.41, 5.74) is 3.64. The average Bonchev–Trinajstić information content (AvgIpc) is 2.96. The summed E-state index contributed by atoms with van der Waals surface area (Å²) in [6.45, 7) is 5.18. The highest BCUT2D eigenvalue weighted by Crippen LogP contribution is 2.09. The van der Waals surface area contributed by atoms with Crippen LogP contribution in [-0.2, 0) is 25.4 Å². The molecule has 1 aromatic heterocycles. The largest absolute Gasteiger partial charge is 0.347 e. The zero-order valence-electron chi connectivity index (χ0n) is 12.4. The van der Waals surface area contributed by atoms with E-state index in [1.54, 1.807) is 4.68 Å². The molecule has 0 atom stereocenters. The fraction of sp³-hybridized carbons (Fsp3) is 0.375. The molecule has 112 valence electrons. The van der Waals surface area contributed by atoms with E-state index in [1.165, 1.54) is 0 Å². The molecule has 0 aliphatic carbocycles. The molecule has 1 amide bonds. The van der Waals surface area contributed by atoms with Crippen LogP contribution in [0.4, 0.5) is 0 Å². The zero-order chi connectivity index (χ0) is 15.2. The summed E-state index contributed by atoms with van der Waals surface area (Å²) in [7, 11) is 0. The number of amides is 1. The van der Waals surface area contributed by atoms with Crippen molar-refractivity contribution in [2.45, 2.75) is 39.2 Å². The quantitative estimate of drug-likeness (QED) is 0.834. The summed E-state index contributed by atoms with van der Waals surface area (Å²) < 4.78 is 1.74. The molecule has 2 rings (SSSR count). The van der Waals surface area contributed by atoms with Crippen LogP contribution in [0.5, 0.6) is 0 Å². The second-order valence-electron chi connectivity index (χ2n) is 4.83. The smallest absolute Gasteiger partial charge is 0.269 e. The number of aryl methyl sites for hydroxylation is 2. The molecule has 0 unspecified atom stereocenters. The van der Waals surface area contributed by atoms with E-state index in [4.69, 9.17) is 11.6 Å². The number of carbonyl (C=O) groups is 1. The summed E-state index contributed by atoms with van der Waals surface area (Å²) in [5.74, 6) is 0.380. The molecular formula is C16H20ClN3O. The van der Waals surface area contributed by atoms with Crippen molar-refractivity contribution in [1.29, 1.82) is 0 Å². The highest BCUT2D eigenvalue weighted by Gasteiger charge is 2.13. The first-order valence-corrected chi connectivity index (χ1v) is 7.70. The van der Waals surface area contributed by atoms with Gasteiger partial charge in [-0.25, -0.2) is 0 Å². The van der Waals surface area contributed by atoms with Crippen LogP contribution >= 0.6 is 11.6 Å². The van der Waals surface area contributed by atoms with Crippen LogP contribution in [0.15, 0.2) is 30.3 Å². The molecule has 0 spiro atoms. The number of nitrogens with zero attached hydrogens (tertiary/aromatic N) is 2. The Labute approximate surface area is 130 Å². The van der Waals surface area contributed by atoms with Crippen LogP contribution in [0.3, 0.4) is 0 Å². The van der Waals surface area contributed by atoms with Crippen LogP contribution in [0, 0.1) is 0 Å². The highest BCUT2D eigenvalue weighted by atomic mass is 35.5. The number of aromatic nitrogens is 2. The van der Waals surface area contributed by atoms with E-state index in [0.717, 1.165) is 23.2 Å².